The Hall–Kier alpha value is -1.61. The van der Waals surface area contributed by atoms with Crippen LogP contribution in [0.4, 0.5) is 13.2 Å². The fraction of sp³-hybridized carbons (Fsp3) is 0.364. The highest BCUT2D eigenvalue weighted by atomic mass is 32.2. The smallest absolute Gasteiger partial charge is 0.338 e. The second kappa shape index (κ2) is 4.45. The molecule has 1 amide bonds. The van der Waals surface area contributed by atoms with Crippen LogP contribution in [0.1, 0.15) is 23.2 Å². The van der Waals surface area contributed by atoms with Crippen molar-refractivity contribution in [2.24, 2.45) is 5.14 Å². The molecule has 0 aromatic heterocycles. The zero-order valence-corrected chi connectivity index (χ0v) is 10.9. The third kappa shape index (κ3) is 2.78. The van der Waals surface area contributed by atoms with E-state index in [0.717, 1.165) is 12.1 Å². The van der Waals surface area contributed by atoms with Crippen molar-refractivity contribution in [3.63, 3.8) is 0 Å². The summed E-state index contributed by atoms with van der Waals surface area (Å²) in [5, 5.41) is 6.80. The third-order valence-corrected chi connectivity index (χ3v) is 3.98. The van der Waals surface area contributed by atoms with Crippen LogP contribution >= 0.6 is 0 Å². The number of amides is 1. The number of nitrogens with two attached hydrogens (primary N) is 1. The van der Waals surface area contributed by atoms with E-state index in [-0.39, 0.29) is 23.3 Å². The molecule has 0 aliphatic heterocycles. The number of benzene rings is 1. The Kier molecular flexibility index (Phi) is 3.29. The molecule has 0 spiro atoms. The van der Waals surface area contributed by atoms with Crippen LogP contribution in [0.5, 0.6) is 0 Å². The molecule has 0 unspecified atom stereocenters. The van der Waals surface area contributed by atoms with E-state index in [1.165, 1.54) is 12.1 Å². The maximum Gasteiger partial charge on any atom is 0.411 e. The zero-order valence-electron chi connectivity index (χ0n) is 10.1. The molecule has 1 aliphatic carbocycles. The summed E-state index contributed by atoms with van der Waals surface area (Å²) in [4.78, 5) is 11.4. The monoisotopic (exact) mass is 308 g/mol. The number of halogens is 3. The lowest BCUT2D eigenvalue weighted by atomic mass is 10.2. The van der Waals surface area contributed by atoms with Crippen molar-refractivity contribution in [2.75, 3.05) is 0 Å². The van der Waals surface area contributed by atoms with E-state index < -0.39 is 27.6 Å². The predicted octanol–water partition coefficient (Wildman–Crippen LogP) is 1.16. The van der Waals surface area contributed by atoms with Crippen molar-refractivity contribution < 1.29 is 26.4 Å². The summed E-state index contributed by atoms with van der Waals surface area (Å²) in [5.41, 5.74) is -2.38. The average molecular weight is 308 g/mol. The van der Waals surface area contributed by atoms with Crippen LogP contribution in [-0.2, 0) is 10.0 Å². The van der Waals surface area contributed by atoms with E-state index in [2.05, 4.69) is 0 Å². The molecule has 0 heterocycles. The molecule has 0 atom stereocenters. The lowest BCUT2D eigenvalue weighted by Crippen LogP contribution is -2.47. The second-order valence-electron chi connectivity index (χ2n) is 4.61. The molecule has 0 saturated heterocycles. The van der Waals surface area contributed by atoms with Gasteiger partial charge in [0.15, 0.2) is 0 Å². The normalized spacial score (nSPS) is 17.6. The number of carbonyl (C=O) groups is 1. The number of nitrogens with one attached hydrogen (secondary N) is 1. The number of sulfonamides is 1. The van der Waals surface area contributed by atoms with Crippen molar-refractivity contribution in [1.29, 1.82) is 0 Å². The Morgan fingerprint density at radius 3 is 2.35 bits per heavy atom. The summed E-state index contributed by atoms with van der Waals surface area (Å²) in [6.45, 7) is 0. The van der Waals surface area contributed by atoms with Gasteiger partial charge in [-0.05, 0) is 31.0 Å². The Morgan fingerprint density at radius 1 is 1.30 bits per heavy atom. The summed E-state index contributed by atoms with van der Waals surface area (Å²) in [6, 6.07) is 4.55. The van der Waals surface area contributed by atoms with E-state index in [1.807, 2.05) is 5.32 Å². The SMILES string of the molecule is NS(=O)(=O)c1cccc(C(=O)NC2(C(F)(F)F)CC2)c1. The number of alkyl halides is 3. The molecule has 110 valence electrons. The molecule has 1 aromatic rings. The van der Waals surface area contributed by atoms with Crippen LogP contribution < -0.4 is 10.5 Å². The maximum absolute atomic E-state index is 12.7. The molecule has 2 rings (SSSR count). The molecular formula is C11H11F3N2O3S. The van der Waals surface area contributed by atoms with Gasteiger partial charge in [0.1, 0.15) is 5.54 Å². The standard InChI is InChI=1S/C11H11F3N2O3S/c12-11(13,14)10(4-5-10)16-9(17)7-2-1-3-8(6-7)20(15,18)19/h1-3,6H,4-5H2,(H,16,17)(H2,15,18,19). The van der Waals surface area contributed by atoms with Crippen LogP contribution in [-0.4, -0.2) is 26.0 Å². The van der Waals surface area contributed by atoms with Gasteiger partial charge in [0, 0.05) is 5.56 Å². The molecule has 5 nitrogen and oxygen atoms in total. The van der Waals surface area contributed by atoms with Gasteiger partial charge in [-0.15, -0.1) is 0 Å². The van der Waals surface area contributed by atoms with Crippen molar-refractivity contribution in [3.05, 3.63) is 29.8 Å². The Bertz CT molecular complexity index is 651. The minimum atomic E-state index is -4.53. The minimum absolute atomic E-state index is 0.183. The number of rotatable bonds is 3. The fourth-order valence-electron chi connectivity index (χ4n) is 1.71. The zero-order chi connectivity index (χ0) is 15.2. The van der Waals surface area contributed by atoms with Crippen molar-refractivity contribution >= 4 is 15.9 Å². The van der Waals surface area contributed by atoms with Gasteiger partial charge in [-0.3, -0.25) is 4.79 Å². The fourth-order valence-corrected chi connectivity index (χ4v) is 2.27. The average Bonchev–Trinajstić information content (AvgIpc) is 3.08. The van der Waals surface area contributed by atoms with E-state index in [9.17, 15) is 26.4 Å². The predicted molar refractivity (Wildman–Crippen MR) is 63.3 cm³/mol. The summed E-state index contributed by atoms with van der Waals surface area (Å²) in [6.07, 6.45) is -4.89. The van der Waals surface area contributed by atoms with Crippen molar-refractivity contribution in [3.8, 4) is 0 Å². The molecule has 1 aliphatic rings. The van der Waals surface area contributed by atoms with E-state index in [4.69, 9.17) is 5.14 Å². The van der Waals surface area contributed by atoms with Gasteiger partial charge in [-0.25, -0.2) is 13.6 Å². The van der Waals surface area contributed by atoms with Crippen LogP contribution in [0.3, 0.4) is 0 Å². The molecule has 3 N–H and O–H groups in total. The van der Waals surface area contributed by atoms with Crippen LogP contribution in [0.25, 0.3) is 0 Å². The highest BCUT2D eigenvalue weighted by Crippen LogP contribution is 2.49. The van der Waals surface area contributed by atoms with Crippen molar-refractivity contribution in [1.82, 2.24) is 5.32 Å². The first-order chi connectivity index (χ1) is 9.05. The van der Waals surface area contributed by atoms with Crippen LogP contribution in [0.15, 0.2) is 29.2 Å². The quantitative estimate of drug-likeness (QED) is 0.878. The molecular weight excluding hydrogens is 297 g/mol. The Balaban J connectivity index is 2.23. The lowest BCUT2D eigenvalue weighted by molar-refractivity contribution is -0.163. The molecule has 1 aromatic carbocycles. The van der Waals surface area contributed by atoms with Gasteiger partial charge in [0.05, 0.1) is 4.90 Å². The molecule has 9 heteroatoms. The third-order valence-electron chi connectivity index (χ3n) is 3.07. The van der Waals surface area contributed by atoms with E-state index >= 15 is 0 Å². The Labute approximate surface area is 113 Å². The van der Waals surface area contributed by atoms with Crippen LogP contribution in [0.2, 0.25) is 0 Å². The summed E-state index contributed by atoms with van der Waals surface area (Å²) < 4.78 is 60.4. The first-order valence-corrected chi connectivity index (χ1v) is 7.12. The van der Waals surface area contributed by atoms with E-state index in [0.29, 0.717) is 0 Å². The van der Waals surface area contributed by atoms with E-state index in [1.54, 1.807) is 0 Å². The largest absolute Gasteiger partial charge is 0.411 e. The number of hydrogen-bond acceptors (Lipinski definition) is 3. The highest BCUT2D eigenvalue weighted by Gasteiger charge is 2.64. The summed E-state index contributed by atoms with van der Waals surface area (Å²) in [7, 11) is -4.02. The number of carbonyl (C=O) groups excluding carboxylic acids is 1. The topological polar surface area (TPSA) is 89.3 Å². The van der Waals surface area contributed by atoms with Gasteiger partial charge < -0.3 is 5.32 Å². The Morgan fingerprint density at radius 2 is 1.90 bits per heavy atom. The van der Waals surface area contributed by atoms with Gasteiger partial charge in [-0.2, -0.15) is 13.2 Å². The van der Waals surface area contributed by atoms with Gasteiger partial charge in [0.25, 0.3) is 5.91 Å². The first kappa shape index (κ1) is 14.8. The van der Waals surface area contributed by atoms with Gasteiger partial charge in [0.2, 0.25) is 10.0 Å². The van der Waals surface area contributed by atoms with Gasteiger partial charge >= 0.3 is 6.18 Å². The molecule has 1 saturated carbocycles. The summed E-state index contributed by atoms with van der Waals surface area (Å²) >= 11 is 0. The maximum atomic E-state index is 12.7. The van der Waals surface area contributed by atoms with Crippen LogP contribution in [0, 0.1) is 0 Å². The number of primary sulfonamides is 1. The first-order valence-electron chi connectivity index (χ1n) is 5.57. The second-order valence-corrected chi connectivity index (χ2v) is 6.17. The van der Waals surface area contributed by atoms with Crippen molar-refractivity contribution in [2.45, 2.75) is 29.5 Å². The number of hydrogen-bond donors (Lipinski definition) is 2. The van der Waals surface area contributed by atoms with Gasteiger partial charge in [-0.1, -0.05) is 6.07 Å². The molecule has 20 heavy (non-hydrogen) atoms. The minimum Gasteiger partial charge on any atom is -0.338 e. The summed E-state index contributed by atoms with van der Waals surface area (Å²) in [5.74, 6) is -0.981. The molecule has 0 radical (unpaired) electrons. The molecule has 1 fully saturated rings. The molecule has 0 bridgehead atoms. The highest BCUT2D eigenvalue weighted by molar-refractivity contribution is 7.89. The lowest BCUT2D eigenvalue weighted by Gasteiger charge is -2.20.